The largest absolute Gasteiger partial charge is 0.466 e. The first-order chi connectivity index (χ1) is 34.5. The van der Waals surface area contributed by atoms with Crippen molar-refractivity contribution in [3.63, 3.8) is 0 Å². The highest BCUT2D eigenvalue weighted by Crippen LogP contribution is 2.18. The van der Waals surface area contributed by atoms with E-state index >= 15 is 0 Å². The van der Waals surface area contributed by atoms with E-state index < -0.39 is 12.1 Å². The SMILES string of the molecule is CCCCCC/C=C\CCCCCCCC(=O)OCCCCCCCCCCCCCCCCCCCCCCCCCCCCCCCCCC(=O)NC(CO)C(O)/C=C/CCCCCCCCC. The van der Waals surface area contributed by atoms with Gasteiger partial charge < -0.3 is 20.3 Å². The average Bonchev–Trinajstić information content (AvgIpc) is 3.36. The zero-order chi connectivity index (χ0) is 50.7. The van der Waals surface area contributed by atoms with Crippen LogP contribution in [-0.4, -0.2) is 47.4 Å². The Kier molecular flexibility index (Phi) is 58.5. The highest BCUT2D eigenvalue weighted by atomic mass is 16.5. The van der Waals surface area contributed by atoms with Crippen LogP contribution >= 0.6 is 0 Å². The number of carbonyl (C=O) groups excluding carboxylic acids is 2. The summed E-state index contributed by atoms with van der Waals surface area (Å²) in [6.45, 7) is 4.88. The highest BCUT2D eigenvalue weighted by Gasteiger charge is 2.18. The number of esters is 1. The van der Waals surface area contributed by atoms with Gasteiger partial charge in [-0.1, -0.05) is 301 Å². The molecule has 0 aliphatic carbocycles. The third kappa shape index (κ3) is 55.7. The fourth-order valence-corrected chi connectivity index (χ4v) is 9.87. The smallest absolute Gasteiger partial charge is 0.305 e. The van der Waals surface area contributed by atoms with Gasteiger partial charge in [-0.25, -0.2) is 0 Å². The van der Waals surface area contributed by atoms with Crippen LogP contribution in [0.1, 0.15) is 348 Å². The molecule has 70 heavy (non-hydrogen) atoms. The number of ether oxygens (including phenoxy) is 1. The summed E-state index contributed by atoms with van der Waals surface area (Å²) in [6.07, 6.45) is 73.9. The lowest BCUT2D eigenvalue weighted by molar-refractivity contribution is -0.143. The second kappa shape index (κ2) is 59.9. The molecule has 0 aromatic carbocycles. The molecule has 0 rings (SSSR count). The molecular formula is C64H123NO5. The van der Waals surface area contributed by atoms with Crippen molar-refractivity contribution in [3.05, 3.63) is 24.3 Å². The average molecular weight is 987 g/mol. The van der Waals surface area contributed by atoms with Gasteiger partial charge in [-0.3, -0.25) is 9.59 Å². The van der Waals surface area contributed by atoms with E-state index in [0.29, 0.717) is 19.4 Å². The van der Waals surface area contributed by atoms with Crippen LogP contribution in [0.25, 0.3) is 0 Å². The van der Waals surface area contributed by atoms with Crippen LogP contribution in [-0.2, 0) is 14.3 Å². The number of amides is 1. The van der Waals surface area contributed by atoms with E-state index in [1.54, 1.807) is 6.08 Å². The van der Waals surface area contributed by atoms with Crippen molar-refractivity contribution in [2.75, 3.05) is 13.2 Å². The Morgan fingerprint density at radius 3 is 1.03 bits per heavy atom. The van der Waals surface area contributed by atoms with Gasteiger partial charge in [0.25, 0.3) is 0 Å². The zero-order valence-corrected chi connectivity index (χ0v) is 47.3. The van der Waals surface area contributed by atoms with E-state index in [1.165, 1.54) is 276 Å². The third-order valence-electron chi connectivity index (χ3n) is 14.7. The molecule has 2 unspecified atom stereocenters. The molecule has 2 atom stereocenters. The Hall–Kier alpha value is -1.66. The minimum absolute atomic E-state index is 0.0111. The molecule has 414 valence electrons. The number of rotatable bonds is 59. The number of carbonyl (C=O) groups is 2. The maximum absolute atomic E-state index is 12.4. The van der Waals surface area contributed by atoms with E-state index in [-0.39, 0.29) is 18.5 Å². The van der Waals surface area contributed by atoms with E-state index in [1.807, 2.05) is 6.08 Å². The Morgan fingerprint density at radius 2 is 0.671 bits per heavy atom. The van der Waals surface area contributed by atoms with E-state index in [0.717, 1.165) is 44.9 Å². The molecule has 0 aliphatic heterocycles. The molecular weight excluding hydrogens is 863 g/mol. The van der Waals surface area contributed by atoms with Crippen LogP contribution in [0.15, 0.2) is 24.3 Å². The van der Waals surface area contributed by atoms with Crippen molar-refractivity contribution in [1.82, 2.24) is 5.32 Å². The number of hydrogen-bond acceptors (Lipinski definition) is 5. The molecule has 0 bridgehead atoms. The highest BCUT2D eigenvalue weighted by molar-refractivity contribution is 5.76. The first-order valence-electron chi connectivity index (χ1n) is 31.6. The van der Waals surface area contributed by atoms with Crippen LogP contribution in [0.3, 0.4) is 0 Å². The summed E-state index contributed by atoms with van der Waals surface area (Å²) in [7, 11) is 0. The van der Waals surface area contributed by atoms with Crippen molar-refractivity contribution in [1.29, 1.82) is 0 Å². The maximum Gasteiger partial charge on any atom is 0.305 e. The summed E-state index contributed by atoms with van der Waals surface area (Å²) in [5, 5.41) is 23.0. The van der Waals surface area contributed by atoms with Crippen molar-refractivity contribution in [2.45, 2.75) is 360 Å². The fraction of sp³-hybridized carbons (Fsp3) is 0.906. The molecule has 0 saturated carbocycles. The van der Waals surface area contributed by atoms with Gasteiger partial charge in [0.1, 0.15) is 0 Å². The Balaban J connectivity index is 3.30. The van der Waals surface area contributed by atoms with Gasteiger partial charge in [0.15, 0.2) is 0 Å². The summed E-state index contributed by atoms with van der Waals surface area (Å²) in [5.74, 6) is -0.0543. The summed E-state index contributed by atoms with van der Waals surface area (Å²) in [5.41, 5.74) is 0. The van der Waals surface area contributed by atoms with Gasteiger partial charge in [-0.2, -0.15) is 0 Å². The molecule has 0 heterocycles. The number of allylic oxidation sites excluding steroid dienone is 3. The number of unbranched alkanes of at least 4 members (excludes halogenated alkanes) is 46. The molecule has 0 radical (unpaired) electrons. The quantitative estimate of drug-likeness (QED) is 0.0321. The lowest BCUT2D eigenvalue weighted by Crippen LogP contribution is -2.45. The van der Waals surface area contributed by atoms with Crippen molar-refractivity contribution >= 4 is 11.9 Å². The topological polar surface area (TPSA) is 95.9 Å². The predicted octanol–water partition coefficient (Wildman–Crippen LogP) is 19.8. The van der Waals surface area contributed by atoms with Gasteiger partial charge in [0, 0.05) is 12.8 Å². The lowest BCUT2D eigenvalue weighted by Gasteiger charge is -2.20. The second-order valence-electron chi connectivity index (χ2n) is 21.7. The van der Waals surface area contributed by atoms with Crippen molar-refractivity contribution in [3.8, 4) is 0 Å². The molecule has 0 aromatic rings. The van der Waals surface area contributed by atoms with Crippen LogP contribution in [0.4, 0.5) is 0 Å². The first kappa shape index (κ1) is 68.3. The van der Waals surface area contributed by atoms with Gasteiger partial charge in [-0.15, -0.1) is 0 Å². The monoisotopic (exact) mass is 986 g/mol. The van der Waals surface area contributed by atoms with Gasteiger partial charge >= 0.3 is 5.97 Å². The summed E-state index contributed by atoms with van der Waals surface area (Å²) in [4.78, 5) is 24.4. The number of hydrogen-bond donors (Lipinski definition) is 3. The van der Waals surface area contributed by atoms with E-state index in [4.69, 9.17) is 4.74 Å². The third-order valence-corrected chi connectivity index (χ3v) is 14.7. The van der Waals surface area contributed by atoms with Crippen LogP contribution in [0.5, 0.6) is 0 Å². The molecule has 0 aromatic heterocycles. The van der Waals surface area contributed by atoms with Crippen LogP contribution in [0.2, 0.25) is 0 Å². The summed E-state index contributed by atoms with van der Waals surface area (Å²) >= 11 is 0. The number of aliphatic hydroxyl groups excluding tert-OH is 2. The van der Waals surface area contributed by atoms with Crippen molar-refractivity contribution < 1.29 is 24.5 Å². The molecule has 3 N–H and O–H groups in total. The first-order valence-corrected chi connectivity index (χ1v) is 31.6. The Labute approximate surface area is 437 Å². The molecule has 0 aliphatic rings. The summed E-state index contributed by atoms with van der Waals surface area (Å²) in [6, 6.07) is -0.622. The minimum Gasteiger partial charge on any atom is -0.466 e. The molecule has 1 amide bonds. The number of aliphatic hydroxyl groups is 2. The molecule has 6 nitrogen and oxygen atoms in total. The van der Waals surface area contributed by atoms with Gasteiger partial charge in [0.05, 0.1) is 25.4 Å². The Bertz CT molecular complexity index is 1090. The molecule has 6 heteroatoms. The zero-order valence-electron chi connectivity index (χ0n) is 47.3. The summed E-state index contributed by atoms with van der Waals surface area (Å²) < 4.78 is 5.48. The van der Waals surface area contributed by atoms with Crippen LogP contribution in [0, 0.1) is 0 Å². The number of nitrogens with one attached hydrogen (secondary N) is 1. The van der Waals surface area contributed by atoms with Crippen LogP contribution < -0.4 is 5.32 Å². The molecule has 0 spiro atoms. The molecule has 0 fully saturated rings. The molecule has 0 saturated heterocycles. The normalized spacial score (nSPS) is 12.7. The van der Waals surface area contributed by atoms with E-state index in [2.05, 4.69) is 31.3 Å². The Morgan fingerprint density at radius 1 is 0.386 bits per heavy atom. The lowest BCUT2D eigenvalue weighted by atomic mass is 10.0. The fourth-order valence-electron chi connectivity index (χ4n) is 9.87. The van der Waals surface area contributed by atoms with Gasteiger partial charge in [-0.05, 0) is 57.8 Å². The minimum atomic E-state index is -0.838. The van der Waals surface area contributed by atoms with E-state index in [9.17, 15) is 19.8 Å². The maximum atomic E-state index is 12.4. The van der Waals surface area contributed by atoms with Crippen molar-refractivity contribution in [2.24, 2.45) is 0 Å². The second-order valence-corrected chi connectivity index (χ2v) is 21.7. The standard InChI is InChI=1S/C64H123NO5/c1-3-5-7-9-11-13-14-34-38-42-46-50-54-58-64(69)70-59-55-51-47-43-39-36-33-31-29-27-25-23-21-19-17-15-16-18-20-22-24-26-28-30-32-35-37-41-45-49-53-57-63(68)65-61(60-66)62(67)56-52-48-44-40-12-10-8-6-4-2/h13-14,52,56,61-62,66-67H,3-12,15-51,53-55,57-60H2,1-2H3,(H,65,68)/b14-13-,56-52+. The predicted molar refractivity (Wildman–Crippen MR) is 306 cm³/mol. The van der Waals surface area contributed by atoms with Gasteiger partial charge in [0.2, 0.25) is 5.91 Å².